The summed E-state index contributed by atoms with van der Waals surface area (Å²) in [4.78, 5) is 25.3. The fourth-order valence-electron chi connectivity index (χ4n) is 8.03. The Bertz CT molecular complexity index is 673. The zero-order chi connectivity index (χ0) is 18.5. The SMILES string of the molecule is CC1(C)[C@@H]2CC[C@@]1(C)[C@@H]1OC(=O)[C@@H]3N[C@@]12[C@@H]([N+](=O)[O-])[C@@H]3C1CCCCC1. The minimum absolute atomic E-state index is 0.0542. The van der Waals surface area contributed by atoms with Gasteiger partial charge >= 0.3 is 5.97 Å². The Morgan fingerprint density at radius 2 is 1.85 bits per heavy atom. The summed E-state index contributed by atoms with van der Waals surface area (Å²) in [6.45, 7) is 6.65. The molecule has 5 fully saturated rings. The van der Waals surface area contributed by atoms with Crippen molar-refractivity contribution in [1.82, 2.24) is 5.32 Å². The van der Waals surface area contributed by atoms with Crippen molar-refractivity contribution in [2.45, 2.75) is 89.4 Å². The molecular formula is C20H30N2O4. The lowest BCUT2D eigenvalue weighted by Gasteiger charge is -2.46. The highest BCUT2D eigenvalue weighted by Gasteiger charge is 2.85. The van der Waals surface area contributed by atoms with Gasteiger partial charge in [0.05, 0.1) is 5.92 Å². The maximum Gasteiger partial charge on any atom is 0.324 e. The van der Waals surface area contributed by atoms with Crippen molar-refractivity contribution in [3.63, 3.8) is 0 Å². The third-order valence-electron chi connectivity index (χ3n) is 9.44. The summed E-state index contributed by atoms with van der Waals surface area (Å²) in [5.41, 5.74) is -0.947. The van der Waals surface area contributed by atoms with E-state index < -0.39 is 17.6 Å². The maximum atomic E-state index is 12.9. The van der Waals surface area contributed by atoms with E-state index in [1.165, 1.54) is 6.42 Å². The smallest absolute Gasteiger partial charge is 0.324 e. The summed E-state index contributed by atoms with van der Waals surface area (Å²) in [5.74, 6) is -0.0152. The molecule has 0 unspecified atom stereocenters. The number of carbonyl (C=O) groups excluding carboxylic acids is 1. The second-order valence-electron chi connectivity index (χ2n) is 10.3. The van der Waals surface area contributed by atoms with Gasteiger partial charge in [-0.1, -0.05) is 40.0 Å². The van der Waals surface area contributed by atoms with E-state index in [9.17, 15) is 14.9 Å². The van der Waals surface area contributed by atoms with Crippen molar-refractivity contribution < 1.29 is 14.5 Å². The molecule has 5 aliphatic rings. The Hall–Kier alpha value is -1.17. The normalized spacial score (nSPS) is 52.0. The van der Waals surface area contributed by atoms with Gasteiger partial charge in [0.15, 0.2) is 0 Å². The molecule has 0 aromatic heterocycles. The number of nitro groups is 1. The highest BCUT2D eigenvalue weighted by Crippen LogP contribution is 2.73. The molecule has 0 amide bonds. The quantitative estimate of drug-likeness (QED) is 0.464. The number of rotatable bonds is 2. The average molecular weight is 362 g/mol. The minimum Gasteiger partial charge on any atom is -0.458 e. The predicted octanol–water partition coefficient (Wildman–Crippen LogP) is 2.92. The highest BCUT2D eigenvalue weighted by molar-refractivity contribution is 5.79. The van der Waals surface area contributed by atoms with Crippen LogP contribution in [0.25, 0.3) is 0 Å². The molecule has 4 bridgehead atoms. The first kappa shape index (κ1) is 17.0. The van der Waals surface area contributed by atoms with Crippen molar-refractivity contribution >= 4 is 5.97 Å². The van der Waals surface area contributed by atoms with Gasteiger partial charge in [-0.05, 0) is 42.9 Å². The number of hydrogen-bond donors (Lipinski definition) is 1. The third-order valence-corrected chi connectivity index (χ3v) is 9.44. The van der Waals surface area contributed by atoms with Crippen molar-refractivity contribution in [1.29, 1.82) is 0 Å². The number of hydrogen-bond acceptors (Lipinski definition) is 5. The highest BCUT2D eigenvalue weighted by atomic mass is 16.6. The molecule has 2 aliphatic heterocycles. The fraction of sp³-hybridized carbons (Fsp3) is 0.950. The molecule has 0 aromatic rings. The van der Waals surface area contributed by atoms with Crippen LogP contribution in [-0.4, -0.2) is 34.6 Å². The molecular weight excluding hydrogens is 332 g/mol. The van der Waals surface area contributed by atoms with Crippen LogP contribution in [0.4, 0.5) is 0 Å². The number of morpholine rings is 1. The van der Waals surface area contributed by atoms with Gasteiger partial charge < -0.3 is 4.74 Å². The van der Waals surface area contributed by atoms with Crippen LogP contribution in [0.3, 0.4) is 0 Å². The van der Waals surface area contributed by atoms with Crippen LogP contribution in [0.2, 0.25) is 0 Å². The van der Waals surface area contributed by atoms with Gasteiger partial charge in [0.2, 0.25) is 6.04 Å². The number of ether oxygens (including phenoxy) is 1. The zero-order valence-electron chi connectivity index (χ0n) is 16.0. The summed E-state index contributed by atoms with van der Waals surface area (Å²) >= 11 is 0. The summed E-state index contributed by atoms with van der Waals surface area (Å²) in [7, 11) is 0. The molecule has 6 nitrogen and oxygen atoms in total. The summed E-state index contributed by atoms with van der Waals surface area (Å²) in [6, 6.07) is -1.21. The number of fused-ring (bicyclic) bond motifs is 4. The average Bonchev–Trinajstić information content (AvgIpc) is 3.07. The Kier molecular flexibility index (Phi) is 3.26. The van der Waals surface area contributed by atoms with Crippen LogP contribution in [0.1, 0.15) is 65.7 Å². The fourth-order valence-corrected chi connectivity index (χ4v) is 8.03. The minimum atomic E-state index is -0.710. The van der Waals surface area contributed by atoms with Crippen molar-refractivity contribution in [2.75, 3.05) is 0 Å². The van der Waals surface area contributed by atoms with Gasteiger partial charge in [-0.15, -0.1) is 0 Å². The molecule has 1 N–H and O–H groups in total. The molecule has 26 heavy (non-hydrogen) atoms. The molecule has 3 aliphatic carbocycles. The second kappa shape index (κ2) is 5.00. The number of nitrogens with zero attached hydrogens (tertiary/aromatic N) is 1. The Balaban J connectivity index is 1.66. The van der Waals surface area contributed by atoms with Crippen LogP contribution in [0.5, 0.6) is 0 Å². The maximum absolute atomic E-state index is 12.9. The molecule has 3 saturated carbocycles. The molecule has 0 radical (unpaired) electrons. The molecule has 2 heterocycles. The molecule has 5 rings (SSSR count). The van der Waals surface area contributed by atoms with Gasteiger partial charge in [0, 0.05) is 10.3 Å². The molecule has 6 heteroatoms. The van der Waals surface area contributed by atoms with E-state index in [1.807, 2.05) is 0 Å². The van der Waals surface area contributed by atoms with E-state index in [1.54, 1.807) is 0 Å². The Labute approximate surface area is 154 Å². The van der Waals surface area contributed by atoms with Crippen LogP contribution in [0.15, 0.2) is 0 Å². The summed E-state index contributed by atoms with van der Waals surface area (Å²) < 4.78 is 6.06. The van der Waals surface area contributed by atoms with Crippen molar-refractivity contribution in [3.8, 4) is 0 Å². The lowest BCUT2D eigenvalue weighted by Crippen LogP contribution is -2.69. The van der Waals surface area contributed by atoms with Gasteiger partial charge in [-0.25, -0.2) is 0 Å². The van der Waals surface area contributed by atoms with E-state index in [-0.39, 0.29) is 45.6 Å². The topological polar surface area (TPSA) is 81.5 Å². The molecule has 144 valence electrons. The molecule has 2 saturated heterocycles. The van der Waals surface area contributed by atoms with E-state index >= 15 is 0 Å². The Morgan fingerprint density at radius 1 is 1.15 bits per heavy atom. The van der Waals surface area contributed by atoms with Gasteiger partial charge in [-0.3, -0.25) is 20.2 Å². The summed E-state index contributed by atoms with van der Waals surface area (Å²) in [5, 5.41) is 16.0. The zero-order valence-corrected chi connectivity index (χ0v) is 16.0. The first-order valence-electron chi connectivity index (χ1n) is 10.4. The standard InChI is InChI=1S/C20H30N2O4/c1-18(2)12-9-10-19(18,3)17-20(12)15(22(24)25)13(11-7-5-4-6-8-11)14(21-20)16(23)26-17/h11-15,17,21H,4-10H2,1-3H3/t12-,13+,14+,15-,17-,19-,20-/m0/s1. The number of nitrogens with one attached hydrogen (secondary N) is 1. The van der Waals surface area contributed by atoms with Gasteiger partial charge in [-0.2, -0.15) is 0 Å². The largest absolute Gasteiger partial charge is 0.458 e. The van der Waals surface area contributed by atoms with Crippen LogP contribution >= 0.6 is 0 Å². The first-order valence-corrected chi connectivity index (χ1v) is 10.4. The Morgan fingerprint density at radius 3 is 2.50 bits per heavy atom. The number of carbonyl (C=O) groups is 1. The van der Waals surface area contributed by atoms with Crippen molar-refractivity contribution in [3.05, 3.63) is 10.1 Å². The van der Waals surface area contributed by atoms with Crippen LogP contribution in [0, 0.1) is 38.7 Å². The second-order valence-corrected chi connectivity index (χ2v) is 10.3. The molecule has 1 spiro atoms. The van der Waals surface area contributed by atoms with Crippen LogP contribution in [-0.2, 0) is 9.53 Å². The molecule has 0 aromatic carbocycles. The monoisotopic (exact) mass is 362 g/mol. The third kappa shape index (κ3) is 1.67. The van der Waals surface area contributed by atoms with E-state index in [0.29, 0.717) is 0 Å². The van der Waals surface area contributed by atoms with E-state index in [0.717, 1.165) is 38.5 Å². The lowest BCUT2D eigenvalue weighted by atomic mass is 9.66. The lowest BCUT2D eigenvalue weighted by molar-refractivity contribution is -0.544. The van der Waals surface area contributed by atoms with E-state index in [4.69, 9.17) is 4.74 Å². The summed E-state index contributed by atoms with van der Waals surface area (Å²) in [6.07, 6.45) is 7.05. The van der Waals surface area contributed by atoms with Crippen molar-refractivity contribution in [2.24, 2.45) is 28.6 Å². The predicted molar refractivity (Wildman–Crippen MR) is 95.0 cm³/mol. The van der Waals surface area contributed by atoms with Crippen LogP contribution < -0.4 is 5.32 Å². The van der Waals surface area contributed by atoms with Gasteiger partial charge in [0.25, 0.3) is 0 Å². The van der Waals surface area contributed by atoms with E-state index in [2.05, 4.69) is 26.1 Å². The molecule has 7 atom stereocenters. The first-order chi connectivity index (χ1) is 12.2. The number of esters is 1. The van der Waals surface area contributed by atoms with Gasteiger partial charge in [0.1, 0.15) is 17.7 Å².